The lowest BCUT2D eigenvalue weighted by molar-refractivity contribution is 0.477. The molecule has 1 aromatic heterocycles. The van der Waals surface area contributed by atoms with E-state index in [2.05, 4.69) is 138 Å². The van der Waals surface area contributed by atoms with Gasteiger partial charge in [0, 0.05) is 39.3 Å². The van der Waals surface area contributed by atoms with Crippen molar-refractivity contribution in [2.75, 3.05) is 9.80 Å². The van der Waals surface area contributed by atoms with Gasteiger partial charge in [-0.25, -0.2) is 9.97 Å². The first-order valence-electron chi connectivity index (χ1n) is 17.7. The molecule has 3 heterocycles. The van der Waals surface area contributed by atoms with Gasteiger partial charge in [-0.1, -0.05) is 116 Å². The highest BCUT2D eigenvalue weighted by molar-refractivity contribution is 7.02. The minimum absolute atomic E-state index is 0.693. The van der Waals surface area contributed by atoms with Crippen LogP contribution in [0.5, 0.6) is 11.5 Å². The molecule has 0 bridgehead atoms. The van der Waals surface area contributed by atoms with E-state index in [-0.39, 0.29) is 0 Å². The maximum absolute atomic E-state index is 6.30. The van der Waals surface area contributed by atoms with Gasteiger partial charge in [0.15, 0.2) is 17.3 Å². The first-order valence-corrected chi connectivity index (χ1v) is 20.7. The quantitative estimate of drug-likeness (QED) is 0.172. The summed E-state index contributed by atoms with van der Waals surface area (Å²) < 4.78 is 6.30. The van der Waals surface area contributed by atoms with Crippen molar-refractivity contribution in [1.82, 2.24) is 9.97 Å². The molecule has 0 saturated carbocycles. The van der Waals surface area contributed by atoms with Crippen LogP contribution in [0.2, 0.25) is 13.1 Å². The van der Waals surface area contributed by atoms with Gasteiger partial charge >= 0.3 is 0 Å². The largest absolute Gasteiger partial charge is 0.453 e. The summed E-state index contributed by atoms with van der Waals surface area (Å²) in [5, 5.41) is 3.90. The average Bonchev–Trinajstić information content (AvgIpc) is 3.20. The zero-order valence-corrected chi connectivity index (χ0v) is 29.9. The molecule has 0 saturated heterocycles. The van der Waals surface area contributed by atoms with Crippen molar-refractivity contribution in [1.29, 1.82) is 0 Å². The average molecular weight is 687 g/mol. The van der Waals surface area contributed by atoms with Gasteiger partial charge < -0.3 is 14.5 Å². The Morgan fingerprint density at radius 2 is 0.981 bits per heavy atom. The van der Waals surface area contributed by atoms with Crippen molar-refractivity contribution in [3.63, 3.8) is 0 Å². The third-order valence-electron chi connectivity index (χ3n) is 10.4. The summed E-state index contributed by atoms with van der Waals surface area (Å²) in [6.07, 6.45) is 0. The molecule has 0 spiro atoms. The molecular weight excluding hydrogens is 653 g/mol. The molecule has 5 nitrogen and oxygen atoms in total. The smallest absolute Gasteiger partial charge is 0.160 e. The van der Waals surface area contributed by atoms with Crippen LogP contribution < -0.4 is 24.9 Å². The molecule has 8 aromatic rings. The highest BCUT2D eigenvalue weighted by Gasteiger charge is 2.38. The second kappa shape index (κ2) is 11.8. The lowest BCUT2D eigenvalue weighted by atomic mass is 10.0. The van der Waals surface area contributed by atoms with Crippen LogP contribution in [0.15, 0.2) is 170 Å². The molecule has 6 heteroatoms. The van der Waals surface area contributed by atoms with Crippen molar-refractivity contribution in [3.05, 3.63) is 170 Å². The van der Waals surface area contributed by atoms with Crippen molar-refractivity contribution in [2.24, 2.45) is 0 Å². The van der Waals surface area contributed by atoms with Crippen LogP contribution in [0.4, 0.5) is 34.1 Å². The summed E-state index contributed by atoms with van der Waals surface area (Å²) in [6.45, 7) is 4.91. The van der Waals surface area contributed by atoms with Gasteiger partial charge in [-0.05, 0) is 77.1 Å². The minimum atomic E-state index is -1.86. The van der Waals surface area contributed by atoms with Gasteiger partial charge in [0.05, 0.1) is 22.6 Å². The second-order valence-corrected chi connectivity index (χ2v) is 18.2. The molecule has 0 radical (unpaired) electrons. The third-order valence-corrected chi connectivity index (χ3v) is 14.0. The van der Waals surface area contributed by atoms with Gasteiger partial charge in [0.1, 0.15) is 8.07 Å². The number of para-hydroxylation sites is 6. The van der Waals surface area contributed by atoms with Crippen LogP contribution in [0.25, 0.3) is 33.5 Å². The van der Waals surface area contributed by atoms with Crippen LogP contribution in [-0.2, 0) is 0 Å². The van der Waals surface area contributed by atoms with Crippen LogP contribution in [0.3, 0.4) is 0 Å². The lowest BCUT2D eigenvalue weighted by Gasteiger charge is -2.41. The molecule has 0 fully saturated rings. The first-order chi connectivity index (χ1) is 25.5. The van der Waals surface area contributed by atoms with E-state index in [0.717, 1.165) is 62.0 Å². The Hall–Kier alpha value is -6.50. The Labute approximate surface area is 304 Å². The maximum Gasteiger partial charge on any atom is 0.160 e. The fourth-order valence-corrected chi connectivity index (χ4v) is 10.9. The Kier molecular flexibility index (Phi) is 6.88. The molecule has 0 unspecified atom stereocenters. The lowest BCUT2D eigenvalue weighted by Crippen LogP contribution is -2.58. The number of hydrogen-bond donors (Lipinski definition) is 0. The SMILES string of the molecule is C[Si]1(C)c2ccccc2N(c2ccc(-c3nc(-c4ccccc4)nc4cc(N5c6ccccc6Oc6ccccc65)ccc34)cc2)c2ccccc21. The predicted molar refractivity (Wildman–Crippen MR) is 217 cm³/mol. The summed E-state index contributed by atoms with van der Waals surface area (Å²) in [5.41, 5.74) is 10.4. The Bertz CT molecular complexity index is 2560. The number of anilines is 6. The standard InChI is InChI=1S/C46H34N4OSi/c1-52(2)43-22-12-8-18-39(43)49(40-19-9-13-23-44(40)52)33-26-24-31(25-27-33)45-35-29-28-34(30-36(35)47-46(48-45)32-14-4-3-5-15-32)50-37-16-6-10-20-41(37)51-42-21-11-7-17-38(42)50/h3-30H,1-2H3. The van der Waals surface area contributed by atoms with Gasteiger partial charge in [-0.2, -0.15) is 0 Å². The molecule has 0 amide bonds. The van der Waals surface area contributed by atoms with Crippen LogP contribution in [0, 0.1) is 0 Å². The number of hydrogen-bond acceptors (Lipinski definition) is 5. The van der Waals surface area contributed by atoms with E-state index in [9.17, 15) is 0 Å². The molecule has 10 rings (SSSR count). The van der Waals surface area contributed by atoms with Gasteiger partial charge in [0.25, 0.3) is 0 Å². The van der Waals surface area contributed by atoms with Gasteiger partial charge in [-0.3, -0.25) is 0 Å². The zero-order chi connectivity index (χ0) is 34.8. The molecule has 0 aliphatic carbocycles. The first kappa shape index (κ1) is 30.3. The molecule has 0 N–H and O–H groups in total. The number of nitrogens with zero attached hydrogens (tertiary/aromatic N) is 4. The zero-order valence-electron chi connectivity index (χ0n) is 28.9. The van der Waals surface area contributed by atoms with Crippen molar-refractivity contribution >= 4 is 63.5 Å². The monoisotopic (exact) mass is 686 g/mol. The van der Waals surface area contributed by atoms with Crippen LogP contribution in [0.1, 0.15) is 0 Å². The van der Waals surface area contributed by atoms with Crippen molar-refractivity contribution < 1.29 is 4.74 Å². The van der Waals surface area contributed by atoms with E-state index in [4.69, 9.17) is 14.7 Å². The van der Waals surface area contributed by atoms with Gasteiger partial charge in [-0.15, -0.1) is 0 Å². The van der Waals surface area contributed by atoms with E-state index in [1.54, 1.807) is 0 Å². The van der Waals surface area contributed by atoms with Crippen molar-refractivity contribution in [3.8, 4) is 34.1 Å². The highest BCUT2D eigenvalue weighted by Crippen LogP contribution is 2.50. The van der Waals surface area contributed by atoms with Crippen molar-refractivity contribution in [2.45, 2.75) is 13.1 Å². The number of benzene rings is 7. The molecule has 248 valence electrons. The summed E-state index contributed by atoms with van der Waals surface area (Å²) >= 11 is 0. The third kappa shape index (κ3) is 4.76. The predicted octanol–water partition coefficient (Wildman–Crippen LogP) is 11.1. The Balaban J connectivity index is 1.12. The highest BCUT2D eigenvalue weighted by atomic mass is 28.3. The summed E-state index contributed by atoms with van der Waals surface area (Å²) in [4.78, 5) is 15.1. The summed E-state index contributed by atoms with van der Waals surface area (Å²) in [6, 6.07) is 59.8. The van der Waals surface area contributed by atoms with E-state index in [1.807, 2.05) is 54.6 Å². The van der Waals surface area contributed by atoms with Crippen LogP contribution in [-0.4, -0.2) is 18.0 Å². The molecule has 0 atom stereocenters. The molecule has 2 aliphatic rings. The second-order valence-electron chi connectivity index (χ2n) is 13.9. The Morgan fingerprint density at radius 1 is 0.462 bits per heavy atom. The fourth-order valence-electron chi connectivity index (χ4n) is 7.89. The normalized spacial score (nSPS) is 13.8. The fraction of sp³-hybridized carbons (Fsp3) is 0.0435. The number of ether oxygens (including phenoxy) is 1. The number of fused-ring (bicyclic) bond motifs is 5. The number of aromatic nitrogens is 2. The van der Waals surface area contributed by atoms with Gasteiger partial charge in [0.2, 0.25) is 0 Å². The minimum Gasteiger partial charge on any atom is -0.453 e. The molecule has 7 aromatic carbocycles. The van der Waals surface area contributed by atoms with E-state index >= 15 is 0 Å². The molecule has 52 heavy (non-hydrogen) atoms. The Morgan fingerprint density at radius 3 is 1.62 bits per heavy atom. The number of rotatable bonds is 4. The molecule has 2 aliphatic heterocycles. The topological polar surface area (TPSA) is 41.5 Å². The summed E-state index contributed by atoms with van der Waals surface area (Å²) in [7, 11) is -1.86. The van der Waals surface area contributed by atoms with Crippen LogP contribution >= 0.6 is 0 Å². The molecular formula is C46H34N4OSi. The summed E-state index contributed by atoms with van der Waals surface area (Å²) in [5.74, 6) is 2.33. The van der Waals surface area contributed by atoms with E-state index in [1.165, 1.54) is 21.7 Å². The van der Waals surface area contributed by atoms with E-state index in [0.29, 0.717) is 5.82 Å². The maximum atomic E-state index is 6.30. The van der Waals surface area contributed by atoms with E-state index < -0.39 is 8.07 Å².